The van der Waals surface area contributed by atoms with Crippen LogP contribution in [-0.4, -0.2) is 24.3 Å². The molecule has 5 aliphatic rings. The van der Waals surface area contributed by atoms with Gasteiger partial charge in [0.1, 0.15) is 5.84 Å². The summed E-state index contributed by atoms with van der Waals surface area (Å²) in [4.78, 5) is 7.45. The van der Waals surface area contributed by atoms with Crippen molar-refractivity contribution >= 4 is 23.1 Å². The summed E-state index contributed by atoms with van der Waals surface area (Å²) in [7, 11) is 2.01. The fraction of sp³-hybridized carbons (Fsp3) is 0.690. The number of hydrogen-bond acceptors (Lipinski definition) is 1. The van der Waals surface area contributed by atoms with Crippen LogP contribution < -0.4 is 0 Å². The third kappa shape index (κ3) is 5.23. The minimum atomic E-state index is 0.163. The molecule has 0 spiro atoms. The number of hydrogen-bond donors (Lipinski definition) is 0. The van der Waals surface area contributed by atoms with Crippen LogP contribution in [0, 0.1) is 51.8 Å². The van der Waals surface area contributed by atoms with E-state index in [1.165, 1.54) is 63.6 Å². The lowest BCUT2D eigenvalue weighted by atomic mass is 9.40. The highest BCUT2D eigenvalue weighted by Gasteiger charge is 2.64. The number of halogens is 1. The molecule has 5 aliphatic carbocycles. The summed E-state index contributed by atoms with van der Waals surface area (Å²) in [6, 6.07) is 8.15. The standard InChI is InChI=1S/C42H61ClN2/c1-10-12-31-25-42(26-37(44-9)45(11-2)29(6)30-13-15-32(43)16-14-30)24-21-35-33(39(42)38(31)27(3)4)17-18-36-40(7)22-19-28(5)34(40)20-23-41(35,36)8/h12-16,27-28,33-36H,6,10-11,17-26H2,1-5,7-9H3/b31-12-,44-37?. The molecule has 2 nitrogen and oxygen atoms in total. The number of allylic oxidation sites excluding steroid dienone is 4. The predicted octanol–water partition coefficient (Wildman–Crippen LogP) is 12.0. The van der Waals surface area contributed by atoms with Crippen molar-refractivity contribution in [3.8, 4) is 0 Å². The predicted molar refractivity (Wildman–Crippen MR) is 194 cm³/mol. The molecule has 0 saturated heterocycles. The van der Waals surface area contributed by atoms with Crippen LogP contribution in [0.3, 0.4) is 0 Å². The molecule has 4 saturated carbocycles. The molecule has 1 aromatic rings. The molecule has 0 amide bonds. The van der Waals surface area contributed by atoms with Gasteiger partial charge in [-0.25, -0.2) is 0 Å². The van der Waals surface area contributed by atoms with Gasteiger partial charge in [0, 0.05) is 36.1 Å². The van der Waals surface area contributed by atoms with E-state index in [0.29, 0.717) is 22.7 Å². The van der Waals surface area contributed by atoms with E-state index >= 15 is 0 Å². The molecule has 1 aromatic carbocycles. The Balaban J connectivity index is 1.39. The van der Waals surface area contributed by atoms with Gasteiger partial charge in [0.15, 0.2) is 0 Å². The number of amidine groups is 1. The number of benzene rings is 1. The second-order valence-corrected chi connectivity index (χ2v) is 17.1. The Hall–Kier alpha value is -1.80. The minimum Gasteiger partial charge on any atom is -0.330 e. The van der Waals surface area contributed by atoms with Crippen LogP contribution in [0.1, 0.15) is 125 Å². The van der Waals surface area contributed by atoms with Crippen LogP contribution >= 0.6 is 11.6 Å². The minimum absolute atomic E-state index is 0.163. The molecule has 0 bridgehead atoms. The molecule has 45 heavy (non-hydrogen) atoms. The maximum Gasteiger partial charge on any atom is 0.104 e. The van der Waals surface area contributed by atoms with Crippen molar-refractivity contribution in [2.75, 3.05) is 13.6 Å². The van der Waals surface area contributed by atoms with Gasteiger partial charge in [0.25, 0.3) is 0 Å². The van der Waals surface area contributed by atoms with Crippen LogP contribution in [0.25, 0.3) is 5.70 Å². The highest BCUT2D eigenvalue weighted by Crippen LogP contribution is 2.73. The van der Waals surface area contributed by atoms with E-state index in [1.54, 1.807) is 11.1 Å². The molecule has 0 aromatic heterocycles. The van der Waals surface area contributed by atoms with E-state index in [2.05, 4.69) is 78.2 Å². The largest absolute Gasteiger partial charge is 0.330 e. The third-order valence-electron chi connectivity index (χ3n) is 14.3. The van der Waals surface area contributed by atoms with Crippen molar-refractivity contribution in [1.82, 2.24) is 4.90 Å². The summed E-state index contributed by atoms with van der Waals surface area (Å²) in [5.74, 6) is 6.04. The Kier molecular flexibility index (Phi) is 9.08. The zero-order valence-electron chi connectivity index (χ0n) is 29.8. The highest BCUT2D eigenvalue weighted by molar-refractivity contribution is 6.30. The Morgan fingerprint density at radius 1 is 1.00 bits per heavy atom. The number of fused-ring (bicyclic) bond motifs is 7. The molecule has 246 valence electrons. The van der Waals surface area contributed by atoms with E-state index in [4.69, 9.17) is 16.6 Å². The number of nitrogens with zero attached hydrogens (tertiary/aromatic N) is 2. The molecular weight excluding hydrogens is 568 g/mol. The van der Waals surface area contributed by atoms with E-state index in [1.807, 2.05) is 24.8 Å². The Morgan fingerprint density at radius 3 is 2.31 bits per heavy atom. The fourth-order valence-corrected chi connectivity index (χ4v) is 12.7. The van der Waals surface area contributed by atoms with Crippen LogP contribution in [0.5, 0.6) is 0 Å². The second-order valence-electron chi connectivity index (χ2n) is 16.6. The first-order valence-corrected chi connectivity index (χ1v) is 18.9. The van der Waals surface area contributed by atoms with E-state index in [-0.39, 0.29) is 5.41 Å². The van der Waals surface area contributed by atoms with E-state index in [9.17, 15) is 0 Å². The molecule has 3 heteroatoms. The van der Waals surface area contributed by atoms with Crippen molar-refractivity contribution in [2.24, 2.45) is 56.7 Å². The highest BCUT2D eigenvalue weighted by atomic mass is 35.5. The van der Waals surface area contributed by atoms with Gasteiger partial charge in [0.2, 0.25) is 0 Å². The van der Waals surface area contributed by atoms with Crippen LogP contribution in [0.2, 0.25) is 5.02 Å². The first-order valence-electron chi connectivity index (χ1n) is 18.6. The SMILES string of the molecule is C=C(c1ccc(Cl)cc1)N(CC)C(CC12CCC3C(CCC4C5(C)CCC(C)C5CCC34C)C1=C(C(C)C)/C(=C\CC)C2)=NC. The van der Waals surface area contributed by atoms with Crippen molar-refractivity contribution in [2.45, 2.75) is 119 Å². The quantitative estimate of drug-likeness (QED) is 0.217. The van der Waals surface area contributed by atoms with E-state index < -0.39 is 0 Å². The van der Waals surface area contributed by atoms with Gasteiger partial charge < -0.3 is 4.90 Å². The molecule has 8 atom stereocenters. The molecule has 6 rings (SSSR count). The molecular formula is C42H61ClN2. The lowest BCUT2D eigenvalue weighted by Crippen LogP contribution is -2.57. The van der Waals surface area contributed by atoms with Crippen LogP contribution in [-0.2, 0) is 0 Å². The molecule has 0 heterocycles. The van der Waals surface area contributed by atoms with E-state index in [0.717, 1.165) is 59.3 Å². The zero-order valence-corrected chi connectivity index (χ0v) is 30.6. The number of rotatable bonds is 7. The van der Waals surface area contributed by atoms with Crippen LogP contribution in [0.15, 0.2) is 58.6 Å². The summed E-state index contributed by atoms with van der Waals surface area (Å²) in [6.07, 6.45) is 17.2. The third-order valence-corrected chi connectivity index (χ3v) is 14.6. The van der Waals surface area contributed by atoms with Crippen LogP contribution in [0.4, 0.5) is 0 Å². The number of aliphatic imine (C=N–C) groups is 1. The summed E-state index contributed by atoms with van der Waals surface area (Å²) >= 11 is 6.26. The van der Waals surface area contributed by atoms with Gasteiger partial charge in [-0.2, -0.15) is 0 Å². The van der Waals surface area contributed by atoms with Crippen molar-refractivity contribution in [3.05, 3.63) is 64.2 Å². The van der Waals surface area contributed by atoms with Gasteiger partial charge >= 0.3 is 0 Å². The second kappa shape index (κ2) is 12.3. The Labute approximate surface area is 280 Å². The molecule has 0 aliphatic heterocycles. The molecule has 4 fully saturated rings. The topological polar surface area (TPSA) is 15.6 Å². The summed E-state index contributed by atoms with van der Waals surface area (Å²) in [5.41, 5.74) is 8.60. The maximum atomic E-state index is 6.26. The lowest BCUT2D eigenvalue weighted by Gasteiger charge is -2.64. The first-order chi connectivity index (χ1) is 21.4. The zero-order chi connectivity index (χ0) is 32.3. The van der Waals surface area contributed by atoms with Crippen molar-refractivity contribution < 1.29 is 0 Å². The molecule has 8 unspecified atom stereocenters. The Morgan fingerprint density at radius 2 is 1.67 bits per heavy atom. The maximum absolute atomic E-state index is 6.26. The van der Waals surface area contributed by atoms with Gasteiger partial charge in [-0.3, -0.25) is 4.99 Å². The lowest BCUT2D eigenvalue weighted by molar-refractivity contribution is -0.132. The smallest absolute Gasteiger partial charge is 0.104 e. The average molecular weight is 629 g/mol. The van der Waals surface area contributed by atoms with Crippen molar-refractivity contribution in [3.63, 3.8) is 0 Å². The first kappa shape index (κ1) is 33.1. The Bertz CT molecular complexity index is 1380. The fourth-order valence-electron chi connectivity index (χ4n) is 12.5. The normalized spacial score (nSPS) is 38.7. The van der Waals surface area contributed by atoms with Gasteiger partial charge in [0.05, 0.1) is 0 Å². The van der Waals surface area contributed by atoms with Gasteiger partial charge in [-0.05, 0) is 146 Å². The van der Waals surface area contributed by atoms with Gasteiger partial charge in [-0.1, -0.05) is 83.5 Å². The molecule has 0 N–H and O–H groups in total. The summed E-state index contributed by atoms with van der Waals surface area (Å²) in [6.45, 7) is 23.0. The van der Waals surface area contributed by atoms with Gasteiger partial charge in [-0.15, -0.1) is 0 Å². The summed E-state index contributed by atoms with van der Waals surface area (Å²) < 4.78 is 0. The summed E-state index contributed by atoms with van der Waals surface area (Å²) in [5, 5.41) is 0.764. The molecule has 0 radical (unpaired) electrons. The average Bonchev–Trinajstić information content (AvgIpc) is 3.50. The monoisotopic (exact) mass is 628 g/mol. The van der Waals surface area contributed by atoms with Crippen molar-refractivity contribution in [1.29, 1.82) is 0 Å².